The van der Waals surface area contributed by atoms with Crippen molar-refractivity contribution in [2.24, 2.45) is 5.92 Å². The standard InChI is InChI=1S/C18H18N4O.ClH/c23-18-8-13(16-3-1-2-15-4-5-20-22(15)16)7-17-14-6-12(9-19-10-14)11-21(17)18;/h1-5,7-8,12,14,19H,6,9-11H2;1H/t12-,14+;/m0./s1. The molecule has 2 aliphatic heterocycles. The Labute approximate surface area is 145 Å². The molecule has 0 saturated carbocycles. The van der Waals surface area contributed by atoms with Crippen LogP contribution in [0, 0.1) is 5.92 Å². The number of aromatic nitrogens is 3. The number of nitrogens with one attached hydrogen (secondary N) is 1. The van der Waals surface area contributed by atoms with E-state index in [-0.39, 0.29) is 18.0 Å². The van der Waals surface area contributed by atoms with Gasteiger partial charge in [0, 0.05) is 36.3 Å². The Morgan fingerprint density at radius 1 is 1.17 bits per heavy atom. The van der Waals surface area contributed by atoms with Crippen LogP contribution in [-0.4, -0.2) is 27.3 Å². The number of piperidine rings is 1. The van der Waals surface area contributed by atoms with Crippen molar-refractivity contribution in [3.8, 4) is 11.3 Å². The van der Waals surface area contributed by atoms with Crippen LogP contribution in [0.3, 0.4) is 0 Å². The van der Waals surface area contributed by atoms with Crippen molar-refractivity contribution in [2.75, 3.05) is 13.1 Å². The third kappa shape index (κ3) is 2.27. The van der Waals surface area contributed by atoms with Gasteiger partial charge in [0.05, 0.1) is 17.4 Å². The Morgan fingerprint density at radius 3 is 3.00 bits per heavy atom. The maximum absolute atomic E-state index is 12.7. The lowest BCUT2D eigenvalue weighted by Gasteiger charge is -2.37. The van der Waals surface area contributed by atoms with Gasteiger partial charge in [-0.15, -0.1) is 12.4 Å². The Kier molecular flexibility index (Phi) is 3.70. The fourth-order valence-corrected chi connectivity index (χ4v) is 4.12. The van der Waals surface area contributed by atoms with E-state index in [0.717, 1.165) is 36.4 Å². The molecule has 0 radical (unpaired) electrons. The average Bonchev–Trinajstić information content (AvgIpc) is 3.04. The van der Waals surface area contributed by atoms with Crippen LogP contribution in [-0.2, 0) is 6.54 Å². The average molecular weight is 343 g/mol. The first kappa shape index (κ1) is 15.4. The van der Waals surface area contributed by atoms with E-state index in [1.807, 2.05) is 33.3 Å². The number of rotatable bonds is 1. The fraction of sp³-hybridized carbons (Fsp3) is 0.333. The first-order valence-electron chi connectivity index (χ1n) is 8.18. The number of fused-ring (bicyclic) bond motifs is 5. The van der Waals surface area contributed by atoms with Crippen molar-refractivity contribution < 1.29 is 0 Å². The van der Waals surface area contributed by atoms with Crippen LogP contribution < -0.4 is 10.9 Å². The van der Waals surface area contributed by atoms with Gasteiger partial charge in [0.15, 0.2) is 0 Å². The van der Waals surface area contributed by atoms with Crippen molar-refractivity contribution in [1.82, 2.24) is 19.5 Å². The van der Waals surface area contributed by atoms with Crippen LogP contribution in [0.4, 0.5) is 0 Å². The van der Waals surface area contributed by atoms with E-state index < -0.39 is 0 Å². The first-order chi connectivity index (χ1) is 11.3. The third-order valence-corrected chi connectivity index (χ3v) is 5.18. The molecule has 2 bridgehead atoms. The topological polar surface area (TPSA) is 51.3 Å². The van der Waals surface area contributed by atoms with Crippen LogP contribution >= 0.6 is 12.4 Å². The van der Waals surface area contributed by atoms with Gasteiger partial charge in [-0.25, -0.2) is 4.52 Å². The number of hydrogen-bond donors (Lipinski definition) is 1. The highest BCUT2D eigenvalue weighted by molar-refractivity contribution is 5.85. The highest BCUT2D eigenvalue weighted by Gasteiger charge is 2.31. The van der Waals surface area contributed by atoms with E-state index in [1.54, 1.807) is 12.3 Å². The lowest BCUT2D eigenvalue weighted by Crippen LogP contribution is -2.44. The molecule has 6 heteroatoms. The lowest BCUT2D eigenvalue weighted by atomic mass is 9.83. The minimum absolute atomic E-state index is 0. The Hall–Kier alpha value is -2.11. The highest BCUT2D eigenvalue weighted by atomic mass is 35.5. The molecule has 3 aromatic heterocycles. The molecular weight excluding hydrogens is 324 g/mol. The first-order valence-corrected chi connectivity index (χ1v) is 8.18. The van der Waals surface area contributed by atoms with Crippen molar-refractivity contribution in [3.05, 3.63) is 58.6 Å². The van der Waals surface area contributed by atoms with Crippen LogP contribution in [0.15, 0.2) is 47.4 Å². The zero-order valence-electron chi connectivity index (χ0n) is 13.2. The summed E-state index contributed by atoms with van der Waals surface area (Å²) in [4.78, 5) is 12.7. The van der Waals surface area contributed by atoms with Gasteiger partial charge in [0.1, 0.15) is 0 Å². The minimum atomic E-state index is 0. The Bertz CT molecular complexity index is 961. The van der Waals surface area contributed by atoms with Crippen LogP contribution in [0.25, 0.3) is 16.8 Å². The third-order valence-electron chi connectivity index (χ3n) is 5.18. The van der Waals surface area contributed by atoms with Crippen molar-refractivity contribution in [2.45, 2.75) is 18.9 Å². The second-order valence-electron chi connectivity index (χ2n) is 6.65. The maximum Gasteiger partial charge on any atom is 0.251 e. The molecule has 0 unspecified atom stereocenters. The van der Waals surface area contributed by atoms with Gasteiger partial charge in [0.25, 0.3) is 5.56 Å². The second kappa shape index (κ2) is 5.76. The number of hydrogen-bond acceptors (Lipinski definition) is 3. The molecule has 24 heavy (non-hydrogen) atoms. The second-order valence-corrected chi connectivity index (χ2v) is 6.65. The van der Waals surface area contributed by atoms with Crippen LogP contribution in [0.2, 0.25) is 0 Å². The summed E-state index contributed by atoms with van der Waals surface area (Å²) in [5.74, 6) is 1.02. The van der Waals surface area contributed by atoms with Crippen molar-refractivity contribution in [1.29, 1.82) is 0 Å². The van der Waals surface area contributed by atoms with E-state index in [0.29, 0.717) is 11.8 Å². The molecule has 5 rings (SSSR count). The van der Waals surface area contributed by atoms with Crippen LogP contribution in [0.5, 0.6) is 0 Å². The predicted octanol–water partition coefficient (Wildman–Crippen LogP) is 2.29. The van der Waals surface area contributed by atoms with Gasteiger partial charge < -0.3 is 9.88 Å². The normalized spacial score (nSPS) is 22.0. The molecule has 124 valence electrons. The fourth-order valence-electron chi connectivity index (χ4n) is 4.12. The number of halogens is 1. The van der Waals surface area contributed by atoms with E-state index in [4.69, 9.17) is 0 Å². The van der Waals surface area contributed by atoms with Gasteiger partial charge >= 0.3 is 0 Å². The zero-order valence-corrected chi connectivity index (χ0v) is 14.0. The molecule has 0 aromatic carbocycles. The van der Waals surface area contributed by atoms with Gasteiger partial charge in [-0.1, -0.05) is 6.07 Å². The molecule has 5 nitrogen and oxygen atoms in total. The van der Waals surface area contributed by atoms with E-state index in [2.05, 4.69) is 16.5 Å². The summed E-state index contributed by atoms with van der Waals surface area (Å²) in [6.45, 7) is 2.83. The summed E-state index contributed by atoms with van der Waals surface area (Å²) in [5, 5.41) is 7.89. The lowest BCUT2D eigenvalue weighted by molar-refractivity contribution is 0.257. The minimum Gasteiger partial charge on any atom is -0.316 e. The summed E-state index contributed by atoms with van der Waals surface area (Å²) in [7, 11) is 0. The maximum atomic E-state index is 12.7. The monoisotopic (exact) mass is 342 g/mol. The molecule has 1 fully saturated rings. The Balaban J connectivity index is 0.00000146. The molecule has 5 heterocycles. The van der Waals surface area contributed by atoms with E-state index in [9.17, 15) is 4.79 Å². The van der Waals surface area contributed by atoms with Crippen molar-refractivity contribution in [3.63, 3.8) is 0 Å². The predicted molar refractivity (Wildman–Crippen MR) is 95.9 cm³/mol. The largest absolute Gasteiger partial charge is 0.316 e. The van der Waals surface area contributed by atoms with E-state index >= 15 is 0 Å². The molecule has 0 aliphatic carbocycles. The SMILES string of the molecule is Cl.O=c1cc(-c2cccc3ccnn23)cc2n1C[C@@H]1CNC[C@H]2C1. The summed E-state index contributed by atoms with van der Waals surface area (Å²) in [6, 6.07) is 12.0. The summed E-state index contributed by atoms with van der Waals surface area (Å²) < 4.78 is 3.88. The van der Waals surface area contributed by atoms with Crippen LogP contribution in [0.1, 0.15) is 18.0 Å². The molecule has 1 N–H and O–H groups in total. The smallest absolute Gasteiger partial charge is 0.251 e. The van der Waals surface area contributed by atoms with Gasteiger partial charge in [0.2, 0.25) is 0 Å². The van der Waals surface area contributed by atoms with Gasteiger partial charge in [-0.05, 0) is 43.1 Å². The quantitative estimate of drug-likeness (QED) is 0.738. The molecular formula is C18H19ClN4O. The van der Waals surface area contributed by atoms with Gasteiger partial charge in [-0.2, -0.15) is 5.10 Å². The zero-order chi connectivity index (χ0) is 15.4. The summed E-state index contributed by atoms with van der Waals surface area (Å²) >= 11 is 0. The number of pyridine rings is 2. The highest BCUT2D eigenvalue weighted by Crippen LogP contribution is 2.33. The molecule has 2 atom stereocenters. The molecule has 2 aliphatic rings. The van der Waals surface area contributed by atoms with Gasteiger partial charge in [-0.3, -0.25) is 4.79 Å². The molecule has 1 saturated heterocycles. The van der Waals surface area contributed by atoms with E-state index in [1.165, 1.54) is 12.1 Å². The Morgan fingerprint density at radius 2 is 2.08 bits per heavy atom. The summed E-state index contributed by atoms with van der Waals surface area (Å²) in [6.07, 6.45) is 2.97. The number of nitrogens with zero attached hydrogens (tertiary/aromatic N) is 3. The van der Waals surface area contributed by atoms with Crippen molar-refractivity contribution >= 4 is 17.9 Å². The summed E-state index contributed by atoms with van der Waals surface area (Å²) in [5.41, 5.74) is 4.25. The molecule has 0 spiro atoms. The molecule has 3 aromatic rings. The molecule has 0 amide bonds.